The Balaban J connectivity index is 0.000000170. The SMILES string of the molecule is C.C.NC1CC1.Nc1ccc(-c2nc(N3CCOCC3)c3cccn3n2)cc1.O=C(Nc1ccc(-c2nc(N3CCOCC3)c3cccn3n2)cc1)NC1CC1. The highest BCUT2D eigenvalue weighted by molar-refractivity contribution is 5.90. The van der Waals surface area contributed by atoms with Gasteiger partial charge in [0.05, 0.1) is 26.4 Å². The van der Waals surface area contributed by atoms with Gasteiger partial charge in [-0.3, -0.25) is 0 Å². The molecule has 4 aromatic heterocycles. The van der Waals surface area contributed by atoms with Gasteiger partial charge in [-0.2, -0.15) is 0 Å². The molecule has 0 radical (unpaired) electrons. The summed E-state index contributed by atoms with van der Waals surface area (Å²) in [4.78, 5) is 26.0. The summed E-state index contributed by atoms with van der Waals surface area (Å²) < 4.78 is 14.6. The number of carbonyl (C=O) groups is 1. The van der Waals surface area contributed by atoms with E-state index in [1.54, 1.807) is 0 Å². The fraction of sp³-hybridized carbons (Fsp3) is 0.390. The smallest absolute Gasteiger partial charge is 0.319 e. The van der Waals surface area contributed by atoms with Crippen LogP contribution >= 0.6 is 0 Å². The van der Waals surface area contributed by atoms with Crippen molar-refractivity contribution in [2.24, 2.45) is 5.73 Å². The van der Waals surface area contributed by atoms with Crippen molar-refractivity contribution in [2.75, 3.05) is 73.5 Å². The van der Waals surface area contributed by atoms with Crippen LogP contribution in [0.5, 0.6) is 0 Å². The number of benzene rings is 2. The number of fused-ring (bicyclic) bond motifs is 2. The third-order valence-corrected chi connectivity index (χ3v) is 9.47. The zero-order valence-corrected chi connectivity index (χ0v) is 30.2. The third kappa shape index (κ3) is 9.90. The van der Waals surface area contributed by atoms with E-state index in [9.17, 15) is 4.79 Å². The van der Waals surface area contributed by atoms with E-state index in [0.29, 0.717) is 36.9 Å². The molecule has 2 saturated carbocycles. The topological polar surface area (TPSA) is 178 Å². The van der Waals surface area contributed by atoms with E-state index in [1.165, 1.54) is 12.8 Å². The molecule has 15 nitrogen and oxygen atoms in total. The molecule has 15 heteroatoms. The number of ether oxygens (including phenoxy) is 2. The van der Waals surface area contributed by atoms with Gasteiger partial charge in [0.2, 0.25) is 0 Å². The summed E-state index contributed by atoms with van der Waals surface area (Å²) in [5.74, 6) is 3.23. The molecule has 2 amide bonds. The molecule has 0 atom stereocenters. The van der Waals surface area contributed by atoms with Crippen molar-refractivity contribution < 1.29 is 14.3 Å². The molecule has 0 unspecified atom stereocenters. The summed E-state index contributed by atoms with van der Waals surface area (Å²) in [7, 11) is 0. The van der Waals surface area contributed by atoms with E-state index >= 15 is 0 Å². The number of urea groups is 1. The van der Waals surface area contributed by atoms with Crippen molar-refractivity contribution in [3.8, 4) is 22.8 Å². The lowest BCUT2D eigenvalue weighted by molar-refractivity contribution is 0.122. The first-order chi connectivity index (χ1) is 26.5. The number of anilines is 4. The fourth-order valence-electron chi connectivity index (χ4n) is 6.11. The third-order valence-electron chi connectivity index (χ3n) is 9.47. The molecule has 2 aliphatic carbocycles. The van der Waals surface area contributed by atoms with Crippen LogP contribution in [-0.4, -0.2) is 99.9 Å². The number of nitrogen functional groups attached to an aromatic ring is 1. The number of morpholine rings is 2. The van der Waals surface area contributed by atoms with Gasteiger partial charge in [-0.25, -0.2) is 23.8 Å². The molecule has 0 bridgehead atoms. The van der Waals surface area contributed by atoms with Gasteiger partial charge in [-0.05, 0) is 98.5 Å². The van der Waals surface area contributed by atoms with Crippen LogP contribution in [0.4, 0.5) is 27.8 Å². The second-order valence-corrected chi connectivity index (χ2v) is 13.8. The lowest BCUT2D eigenvalue weighted by Crippen LogP contribution is -2.37. The molecule has 0 spiro atoms. The van der Waals surface area contributed by atoms with Crippen LogP contribution in [0.3, 0.4) is 0 Å². The minimum absolute atomic E-state index is 0. The molecule has 2 saturated heterocycles. The quantitative estimate of drug-likeness (QED) is 0.153. The van der Waals surface area contributed by atoms with Gasteiger partial charge in [0.1, 0.15) is 11.0 Å². The van der Waals surface area contributed by atoms with E-state index in [2.05, 4.69) is 30.6 Å². The Bertz CT molecular complexity index is 2170. The number of carbonyl (C=O) groups excluding carboxylic acids is 1. The van der Waals surface area contributed by atoms with E-state index in [0.717, 1.165) is 97.4 Å². The lowest BCUT2D eigenvalue weighted by Gasteiger charge is -2.28. The van der Waals surface area contributed by atoms with E-state index in [-0.39, 0.29) is 20.9 Å². The Labute approximate surface area is 328 Å². The Morgan fingerprint density at radius 2 is 1.11 bits per heavy atom. The summed E-state index contributed by atoms with van der Waals surface area (Å²) in [6.07, 6.45) is 8.54. The summed E-state index contributed by atoms with van der Waals surface area (Å²) in [5.41, 5.74) is 16.3. The highest BCUT2D eigenvalue weighted by Gasteiger charge is 2.23. The second-order valence-electron chi connectivity index (χ2n) is 13.8. The van der Waals surface area contributed by atoms with Crippen molar-refractivity contribution >= 4 is 40.1 Å². The first-order valence-electron chi connectivity index (χ1n) is 18.6. The first kappa shape index (κ1) is 39.9. The van der Waals surface area contributed by atoms with Crippen LogP contribution in [0.25, 0.3) is 33.8 Å². The van der Waals surface area contributed by atoms with Crippen LogP contribution in [-0.2, 0) is 9.47 Å². The summed E-state index contributed by atoms with van der Waals surface area (Å²) in [5, 5.41) is 15.0. The van der Waals surface area contributed by atoms with Gasteiger partial charge in [-0.15, -0.1) is 10.2 Å². The molecule has 6 N–H and O–H groups in total. The highest BCUT2D eigenvalue weighted by atomic mass is 16.5. The molecule has 2 aliphatic heterocycles. The molecule has 6 heterocycles. The predicted octanol–water partition coefficient (Wildman–Crippen LogP) is 5.71. The zero-order valence-electron chi connectivity index (χ0n) is 30.2. The number of hydrogen-bond donors (Lipinski definition) is 4. The van der Waals surface area contributed by atoms with E-state index in [1.807, 2.05) is 94.2 Å². The van der Waals surface area contributed by atoms with Crippen LogP contribution in [0.1, 0.15) is 40.5 Å². The van der Waals surface area contributed by atoms with Crippen LogP contribution in [0.2, 0.25) is 0 Å². The lowest BCUT2D eigenvalue weighted by atomic mass is 10.2. The van der Waals surface area contributed by atoms with Gasteiger partial charge in [0.15, 0.2) is 23.3 Å². The molecule has 56 heavy (non-hydrogen) atoms. The Hall–Kier alpha value is -5.77. The standard InChI is InChI=1S/C20H22N6O2.C16H17N5O.C3H7N.2CH4/c27-20(22-16-7-8-16)21-15-5-3-14(4-6-15)18-23-19(25-10-12-28-13-11-25)17-2-1-9-26(17)24-18;17-13-5-3-12(4-6-13)15-18-16(20-8-10-22-11-9-20)14-2-1-7-21(14)19-15;4-3-1-2-3;;/h1-6,9,16H,7-8,10-13H2,(H2,21,22,27);1-7H,8-11,17H2;3H,1-2,4H2;2*1H4. The first-order valence-corrected chi connectivity index (χ1v) is 18.6. The molecule has 4 fully saturated rings. The maximum atomic E-state index is 11.9. The van der Waals surface area contributed by atoms with Crippen molar-refractivity contribution in [3.05, 3.63) is 85.2 Å². The van der Waals surface area contributed by atoms with Gasteiger partial charge in [-0.1, -0.05) is 14.9 Å². The van der Waals surface area contributed by atoms with Gasteiger partial charge in [0, 0.05) is 73.2 Å². The number of rotatable bonds is 6. The van der Waals surface area contributed by atoms with Crippen LogP contribution < -0.4 is 31.9 Å². The van der Waals surface area contributed by atoms with E-state index < -0.39 is 0 Å². The van der Waals surface area contributed by atoms with Gasteiger partial charge < -0.3 is 41.4 Å². The maximum Gasteiger partial charge on any atom is 0.319 e. The van der Waals surface area contributed by atoms with Crippen molar-refractivity contribution in [3.63, 3.8) is 0 Å². The number of nitrogens with one attached hydrogen (secondary N) is 2. The minimum Gasteiger partial charge on any atom is -0.399 e. The number of nitrogens with two attached hydrogens (primary N) is 2. The van der Waals surface area contributed by atoms with Gasteiger partial charge >= 0.3 is 6.03 Å². The van der Waals surface area contributed by atoms with Crippen molar-refractivity contribution in [1.29, 1.82) is 0 Å². The number of amides is 2. The molecular weight excluding hydrogens is 709 g/mol. The summed E-state index contributed by atoms with van der Waals surface area (Å²) in [6.45, 7) is 6.19. The van der Waals surface area contributed by atoms with Crippen LogP contribution in [0.15, 0.2) is 85.2 Å². The molecule has 296 valence electrons. The van der Waals surface area contributed by atoms with Crippen molar-refractivity contribution in [2.45, 2.75) is 52.6 Å². The average Bonchev–Trinajstić information content (AvgIpc) is 4.09. The van der Waals surface area contributed by atoms with Gasteiger partial charge in [0.25, 0.3) is 0 Å². The monoisotopic (exact) mass is 762 g/mol. The number of hydrogen-bond acceptors (Lipinski definition) is 11. The normalized spacial score (nSPS) is 16.4. The molecule has 2 aromatic carbocycles. The minimum atomic E-state index is -0.158. The van der Waals surface area contributed by atoms with Crippen LogP contribution in [0, 0.1) is 0 Å². The Morgan fingerprint density at radius 3 is 1.54 bits per heavy atom. The fourth-order valence-corrected chi connectivity index (χ4v) is 6.11. The Kier molecular flexibility index (Phi) is 13.0. The summed E-state index contributed by atoms with van der Waals surface area (Å²) >= 11 is 0. The predicted molar refractivity (Wildman–Crippen MR) is 223 cm³/mol. The molecule has 10 rings (SSSR count). The molecular formula is C41H54N12O3. The highest BCUT2D eigenvalue weighted by Crippen LogP contribution is 2.27. The Morgan fingerprint density at radius 1 is 0.661 bits per heavy atom. The van der Waals surface area contributed by atoms with Crippen molar-refractivity contribution in [1.82, 2.24) is 34.5 Å². The number of aromatic nitrogens is 6. The van der Waals surface area contributed by atoms with E-state index in [4.69, 9.17) is 30.9 Å². The second kappa shape index (κ2) is 18.2. The maximum absolute atomic E-state index is 11.9. The molecule has 4 aliphatic rings. The number of nitrogens with zero attached hydrogens (tertiary/aromatic N) is 8. The zero-order chi connectivity index (χ0) is 36.9. The largest absolute Gasteiger partial charge is 0.399 e. The average molecular weight is 763 g/mol. The molecule has 6 aromatic rings. The summed E-state index contributed by atoms with van der Waals surface area (Å²) in [6, 6.07) is 24.0.